The van der Waals surface area contributed by atoms with E-state index in [9.17, 15) is 4.79 Å². The lowest BCUT2D eigenvalue weighted by Crippen LogP contribution is -2.64. The molecule has 1 atom stereocenters. The molecule has 2 amide bonds. The Morgan fingerprint density at radius 2 is 2.06 bits per heavy atom. The Morgan fingerprint density at radius 3 is 2.69 bits per heavy atom. The van der Waals surface area contributed by atoms with Gasteiger partial charge in [-0.2, -0.15) is 0 Å². The maximum Gasteiger partial charge on any atom is 0.324 e. The van der Waals surface area contributed by atoms with E-state index >= 15 is 0 Å². The van der Waals surface area contributed by atoms with E-state index in [0.717, 1.165) is 5.69 Å². The van der Waals surface area contributed by atoms with Crippen LogP contribution in [0.3, 0.4) is 0 Å². The third-order valence-electron chi connectivity index (χ3n) is 2.32. The van der Waals surface area contributed by atoms with E-state index in [4.69, 9.17) is 5.73 Å². The predicted molar refractivity (Wildman–Crippen MR) is 62.4 cm³/mol. The fourth-order valence-electron chi connectivity index (χ4n) is 1.44. The van der Waals surface area contributed by atoms with Crippen LogP contribution in [-0.4, -0.2) is 23.8 Å². The van der Waals surface area contributed by atoms with Gasteiger partial charge in [-0.05, 0) is 18.2 Å². The summed E-state index contributed by atoms with van der Waals surface area (Å²) in [6, 6.07) is 9.23. The normalized spacial score (nSPS) is 24.1. The van der Waals surface area contributed by atoms with Crippen molar-refractivity contribution in [2.75, 3.05) is 12.4 Å². The van der Waals surface area contributed by atoms with E-state index in [1.807, 2.05) is 30.3 Å². The van der Waals surface area contributed by atoms with Gasteiger partial charge in [-0.3, -0.25) is 11.1 Å². The second-order valence-corrected chi connectivity index (χ2v) is 3.72. The van der Waals surface area contributed by atoms with Crippen LogP contribution >= 0.6 is 0 Å². The molecule has 1 aliphatic heterocycles. The number of carbonyl (C=O) groups is 1. The average Bonchev–Trinajstić information content (AvgIpc) is 2.25. The van der Waals surface area contributed by atoms with Crippen LogP contribution in [0.5, 0.6) is 0 Å². The van der Waals surface area contributed by atoms with Crippen LogP contribution in [0.4, 0.5) is 10.5 Å². The lowest BCUT2D eigenvalue weighted by atomic mass is 10.2. The number of anilines is 1. The molecule has 1 heterocycles. The molecule has 84 valence electrons. The third kappa shape index (κ3) is 2.14. The monoisotopic (exact) mass is 218 g/mol. The van der Waals surface area contributed by atoms with Crippen LogP contribution in [0.1, 0.15) is 0 Å². The van der Waals surface area contributed by atoms with Crippen LogP contribution in [0.15, 0.2) is 42.6 Å². The van der Waals surface area contributed by atoms with E-state index in [0.29, 0.717) is 0 Å². The Bertz CT molecular complexity index is 417. The van der Waals surface area contributed by atoms with Gasteiger partial charge in [0.25, 0.3) is 0 Å². The zero-order valence-corrected chi connectivity index (χ0v) is 8.97. The molecule has 0 saturated carbocycles. The maximum absolute atomic E-state index is 11.4. The third-order valence-corrected chi connectivity index (χ3v) is 2.32. The first-order valence-electron chi connectivity index (χ1n) is 4.95. The largest absolute Gasteiger partial charge is 0.347 e. The lowest BCUT2D eigenvalue weighted by Gasteiger charge is -2.34. The number of urea groups is 1. The minimum Gasteiger partial charge on any atom is -0.347 e. The number of nitrogens with zero attached hydrogens (tertiary/aromatic N) is 1. The summed E-state index contributed by atoms with van der Waals surface area (Å²) in [5.41, 5.74) is 6.83. The topological polar surface area (TPSA) is 70.4 Å². The highest BCUT2D eigenvalue weighted by atomic mass is 16.2. The molecule has 0 saturated heterocycles. The van der Waals surface area contributed by atoms with Gasteiger partial charge in [-0.25, -0.2) is 4.79 Å². The molecule has 1 aromatic carbocycles. The van der Waals surface area contributed by atoms with Crippen LogP contribution in [0, 0.1) is 0 Å². The molecule has 1 aliphatic rings. The highest BCUT2D eigenvalue weighted by Gasteiger charge is 2.28. The number of para-hydroxylation sites is 1. The molecule has 5 heteroatoms. The molecule has 1 unspecified atom stereocenters. The van der Waals surface area contributed by atoms with Gasteiger partial charge in [0.05, 0.1) is 0 Å². The second-order valence-electron chi connectivity index (χ2n) is 3.72. The summed E-state index contributed by atoms with van der Waals surface area (Å²) < 4.78 is 0. The van der Waals surface area contributed by atoms with E-state index < -0.39 is 5.79 Å². The van der Waals surface area contributed by atoms with Gasteiger partial charge in [0, 0.05) is 18.9 Å². The van der Waals surface area contributed by atoms with Crippen LogP contribution < -0.4 is 16.4 Å². The molecule has 0 spiro atoms. The first kappa shape index (κ1) is 10.5. The van der Waals surface area contributed by atoms with E-state index in [1.165, 1.54) is 4.90 Å². The highest BCUT2D eigenvalue weighted by molar-refractivity contribution is 5.78. The quantitative estimate of drug-likeness (QED) is 0.645. The van der Waals surface area contributed by atoms with Crippen molar-refractivity contribution in [2.45, 2.75) is 5.79 Å². The molecular formula is C11H14N4O. The number of hydrogen-bond donors (Lipinski definition) is 3. The zero-order valence-electron chi connectivity index (χ0n) is 8.97. The Morgan fingerprint density at radius 1 is 1.38 bits per heavy atom. The summed E-state index contributed by atoms with van der Waals surface area (Å²) in [5.74, 6) is -1.04. The Labute approximate surface area is 93.9 Å². The van der Waals surface area contributed by atoms with E-state index in [1.54, 1.807) is 19.3 Å². The Hall–Kier alpha value is -2.01. The molecular weight excluding hydrogens is 204 g/mol. The molecule has 0 bridgehead atoms. The molecule has 1 aromatic rings. The first-order valence-corrected chi connectivity index (χ1v) is 4.95. The summed E-state index contributed by atoms with van der Waals surface area (Å²) in [5, 5.41) is 5.70. The smallest absolute Gasteiger partial charge is 0.324 e. The second kappa shape index (κ2) is 3.86. The van der Waals surface area contributed by atoms with E-state index in [2.05, 4.69) is 10.6 Å². The maximum atomic E-state index is 11.4. The molecule has 0 aliphatic carbocycles. The average molecular weight is 218 g/mol. The summed E-state index contributed by atoms with van der Waals surface area (Å²) in [6.45, 7) is 0. The number of carbonyl (C=O) groups excluding carboxylic acids is 1. The van der Waals surface area contributed by atoms with Gasteiger partial charge in [0.2, 0.25) is 0 Å². The van der Waals surface area contributed by atoms with Crippen molar-refractivity contribution < 1.29 is 4.79 Å². The molecule has 4 N–H and O–H groups in total. The number of amides is 2. The first-order chi connectivity index (χ1) is 7.59. The summed E-state index contributed by atoms with van der Waals surface area (Å²) in [6.07, 6.45) is 3.33. The van der Waals surface area contributed by atoms with E-state index in [-0.39, 0.29) is 6.03 Å². The van der Waals surface area contributed by atoms with Gasteiger partial charge in [0.1, 0.15) is 0 Å². The standard InChI is InChI=1S/C11H14N4O/c1-15-8-7-11(12,14-10(15)16)13-9-5-3-2-4-6-9/h2-8,13H,12H2,1H3,(H,14,16). The van der Waals surface area contributed by atoms with Crippen molar-refractivity contribution in [3.63, 3.8) is 0 Å². The van der Waals surface area contributed by atoms with Crippen LogP contribution in [0.25, 0.3) is 0 Å². The van der Waals surface area contributed by atoms with Crippen LogP contribution in [0.2, 0.25) is 0 Å². The Balaban J connectivity index is 2.16. The highest BCUT2D eigenvalue weighted by Crippen LogP contribution is 2.13. The predicted octanol–water partition coefficient (Wildman–Crippen LogP) is 0.880. The number of hydrogen-bond acceptors (Lipinski definition) is 3. The molecule has 5 nitrogen and oxygen atoms in total. The fourth-order valence-corrected chi connectivity index (χ4v) is 1.44. The van der Waals surface area contributed by atoms with Gasteiger partial charge >= 0.3 is 6.03 Å². The van der Waals surface area contributed by atoms with Gasteiger partial charge in [-0.15, -0.1) is 0 Å². The minimum absolute atomic E-state index is 0.242. The van der Waals surface area contributed by atoms with Crippen molar-refractivity contribution in [2.24, 2.45) is 5.73 Å². The summed E-state index contributed by atoms with van der Waals surface area (Å²) in [4.78, 5) is 12.9. The van der Waals surface area contributed by atoms with Gasteiger partial charge in [0.15, 0.2) is 5.79 Å². The molecule has 2 rings (SSSR count). The van der Waals surface area contributed by atoms with Crippen molar-refractivity contribution in [3.8, 4) is 0 Å². The summed E-state index contributed by atoms with van der Waals surface area (Å²) >= 11 is 0. The SMILES string of the molecule is CN1C=CC(N)(Nc2ccccc2)NC1=O. The molecule has 16 heavy (non-hydrogen) atoms. The van der Waals surface area contributed by atoms with Gasteiger partial charge < -0.3 is 10.2 Å². The zero-order chi connectivity index (χ0) is 11.6. The molecule has 0 aromatic heterocycles. The van der Waals surface area contributed by atoms with Crippen molar-refractivity contribution in [3.05, 3.63) is 42.6 Å². The number of rotatable bonds is 2. The molecule has 0 radical (unpaired) electrons. The number of benzene rings is 1. The Kier molecular flexibility index (Phi) is 2.54. The fraction of sp³-hybridized carbons (Fsp3) is 0.182. The van der Waals surface area contributed by atoms with Crippen LogP contribution in [-0.2, 0) is 0 Å². The van der Waals surface area contributed by atoms with Crippen molar-refractivity contribution >= 4 is 11.7 Å². The lowest BCUT2D eigenvalue weighted by molar-refractivity contribution is 0.210. The molecule has 0 fully saturated rings. The number of nitrogens with one attached hydrogen (secondary N) is 2. The summed E-state index contributed by atoms with van der Waals surface area (Å²) in [7, 11) is 1.66. The minimum atomic E-state index is -1.04. The van der Waals surface area contributed by atoms with Crippen molar-refractivity contribution in [1.82, 2.24) is 10.2 Å². The number of nitrogens with two attached hydrogens (primary N) is 1. The van der Waals surface area contributed by atoms with Crippen molar-refractivity contribution in [1.29, 1.82) is 0 Å². The van der Waals surface area contributed by atoms with Gasteiger partial charge in [-0.1, -0.05) is 18.2 Å².